The summed E-state index contributed by atoms with van der Waals surface area (Å²) >= 11 is 0. The molecule has 0 radical (unpaired) electrons. The number of hydrogen-bond acceptors (Lipinski definition) is 3. The highest BCUT2D eigenvalue weighted by Crippen LogP contribution is 2.17. The molecule has 0 heterocycles. The Bertz CT molecular complexity index is 456. The SMILES string of the molecule is CC(C)(C)NC(=O)C(CN)Cc1ccc(OC(F)F)cc1. The number of carbonyl (C=O) groups is 1. The van der Waals surface area contributed by atoms with Crippen LogP contribution >= 0.6 is 0 Å². The minimum absolute atomic E-state index is 0.0946. The summed E-state index contributed by atoms with van der Waals surface area (Å²) in [5.41, 5.74) is 6.18. The molecule has 1 aromatic rings. The maximum absolute atomic E-state index is 12.1. The Morgan fingerprint density at radius 2 is 1.86 bits per heavy atom. The molecule has 0 fully saturated rings. The van der Waals surface area contributed by atoms with Crippen LogP contribution in [-0.4, -0.2) is 24.6 Å². The number of rotatable bonds is 6. The fourth-order valence-corrected chi connectivity index (χ4v) is 1.85. The first-order chi connectivity index (χ1) is 9.71. The molecule has 1 unspecified atom stereocenters. The summed E-state index contributed by atoms with van der Waals surface area (Å²) in [5.74, 6) is -0.374. The Kier molecular flexibility index (Phi) is 6.08. The van der Waals surface area contributed by atoms with E-state index in [0.717, 1.165) is 5.56 Å². The Hall–Kier alpha value is -1.69. The number of halogens is 2. The predicted octanol–water partition coefficient (Wildman–Crippen LogP) is 2.32. The van der Waals surface area contributed by atoms with Crippen molar-refractivity contribution in [2.45, 2.75) is 39.3 Å². The molecule has 21 heavy (non-hydrogen) atoms. The smallest absolute Gasteiger partial charge is 0.387 e. The molecule has 1 atom stereocenters. The van der Waals surface area contributed by atoms with Crippen LogP contribution in [0.15, 0.2) is 24.3 Å². The molecule has 3 N–H and O–H groups in total. The van der Waals surface area contributed by atoms with Crippen molar-refractivity contribution in [3.05, 3.63) is 29.8 Å². The van der Waals surface area contributed by atoms with E-state index in [1.54, 1.807) is 12.1 Å². The van der Waals surface area contributed by atoms with Crippen molar-refractivity contribution in [1.82, 2.24) is 5.32 Å². The van der Waals surface area contributed by atoms with Gasteiger partial charge in [-0.2, -0.15) is 8.78 Å². The van der Waals surface area contributed by atoms with E-state index < -0.39 is 6.61 Å². The van der Waals surface area contributed by atoms with E-state index in [2.05, 4.69) is 10.1 Å². The zero-order chi connectivity index (χ0) is 16.0. The number of carbonyl (C=O) groups excluding carboxylic acids is 1. The highest BCUT2D eigenvalue weighted by atomic mass is 19.3. The lowest BCUT2D eigenvalue weighted by Crippen LogP contribution is -2.46. The van der Waals surface area contributed by atoms with Crippen LogP contribution in [0.5, 0.6) is 5.75 Å². The zero-order valence-corrected chi connectivity index (χ0v) is 12.5. The number of ether oxygens (including phenoxy) is 1. The van der Waals surface area contributed by atoms with Crippen LogP contribution in [0.25, 0.3) is 0 Å². The molecular weight excluding hydrogens is 278 g/mol. The van der Waals surface area contributed by atoms with E-state index >= 15 is 0 Å². The number of benzene rings is 1. The van der Waals surface area contributed by atoms with Crippen molar-refractivity contribution in [2.24, 2.45) is 11.7 Å². The molecule has 0 aromatic heterocycles. The van der Waals surface area contributed by atoms with Gasteiger partial charge in [0.2, 0.25) is 5.91 Å². The van der Waals surface area contributed by atoms with Crippen molar-refractivity contribution < 1.29 is 18.3 Å². The van der Waals surface area contributed by atoms with Gasteiger partial charge in [-0.3, -0.25) is 4.79 Å². The van der Waals surface area contributed by atoms with Gasteiger partial charge in [0.1, 0.15) is 5.75 Å². The average molecular weight is 300 g/mol. The molecule has 0 spiro atoms. The first-order valence-corrected chi connectivity index (χ1v) is 6.77. The molecule has 0 aliphatic heterocycles. The van der Waals surface area contributed by atoms with Crippen LogP contribution in [0.1, 0.15) is 26.3 Å². The van der Waals surface area contributed by atoms with Gasteiger partial charge < -0.3 is 15.8 Å². The second-order valence-electron chi connectivity index (χ2n) is 5.90. The van der Waals surface area contributed by atoms with E-state index in [9.17, 15) is 13.6 Å². The minimum atomic E-state index is -2.84. The third kappa shape index (κ3) is 6.53. The van der Waals surface area contributed by atoms with Crippen LogP contribution in [0.2, 0.25) is 0 Å². The summed E-state index contributed by atoms with van der Waals surface area (Å²) in [5, 5.41) is 2.89. The van der Waals surface area contributed by atoms with E-state index in [1.165, 1.54) is 12.1 Å². The Labute approximate surface area is 123 Å². The third-order valence-corrected chi connectivity index (χ3v) is 2.78. The fraction of sp³-hybridized carbons (Fsp3) is 0.533. The lowest BCUT2D eigenvalue weighted by molar-refractivity contribution is -0.126. The van der Waals surface area contributed by atoms with Gasteiger partial charge in [0.15, 0.2) is 0 Å². The van der Waals surface area contributed by atoms with Crippen molar-refractivity contribution >= 4 is 5.91 Å². The Morgan fingerprint density at radius 1 is 1.29 bits per heavy atom. The summed E-state index contributed by atoms with van der Waals surface area (Å²) in [4.78, 5) is 12.1. The van der Waals surface area contributed by atoms with Gasteiger partial charge in [0.05, 0.1) is 5.92 Å². The Morgan fingerprint density at radius 3 is 2.29 bits per heavy atom. The van der Waals surface area contributed by atoms with Crippen molar-refractivity contribution in [1.29, 1.82) is 0 Å². The molecule has 4 nitrogen and oxygen atoms in total. The molecule has 1 rings (SSSR count). The van der Waals surface area contributed by atoms with Gasteiger partial charge in [-0.15, -0.1) is 0 Å². The van der Waals surface area contributed by atoms with E-state index in [0.29, 0.717) is 6.42 Å². The molecule has 0 saturated heterocycles. The summed E-state index contributed by atoms with van der Waals surface area (Å²) in [6.07, 6.45) is 0.452. The van der Waals surface area contributed by atoms with Gasteiger partial charge in [-0.05, 0) is 44.9 Å². The summed E-state index contributed by atoms with van der Waals surface area (Å²) in [7, 11) is 0. The zero-order valence-electron chi connectivity index (χ0n) is 12.5. The van der Waals surface area contributed by atoms with Crippen LogP contribution in [0.4, 0.5) is 8.78 Å². The number of hydrogen-bond donors (Lipinski definition) is 2. The van der Waals surface area contributed by atoms with E-state index in [-0.39, 0.29) is 29.7 Å². The lowest BCUT2D eigenvalue weighted by Gasteiger charge is -2.24. The predicted molar refractivity (Wildman–Crippen MR) is 77.2 cm³/mol. The van der Waals surface area contributed by atoms with Crippen LogP contribution in [-0.2, 0) is 11.2 Å². The third-order valence-electron chi connectivity index (χ3n) is 2.78. The standard InChI is InChI=1S/C15H22F2N2O2/c1-15(2,3)19-13(20)11(9-18)8-10-4-6-12(7-5-10)21-14(16)17/h4-7,11,14H,8-9,18H2,1-3H3,(H,19,20). The topological polar surface area (TPSA) is 64.4 Å². The fourth-order valence-electron chi connectivity index (χ4n) is 1.85. The maximum atomic E-state index is 12.1. The van der Waals surface area contributed by atoms with Crippen LogP contribution < -0.4 is 15.8 Å². The number of alkyl halides is 2. The number of amides is 1. The summed E-state index contributed by atoms with van der Waals surface area (Å²) in [6, 6.07) is 6.23. The summed E-state index contributed by atoms with van der Waals surface area (Å²) < 4.78 is 28.4. The maximum Gasteiger partial charge on any atom is 0.387 e. The second kappa shape index (κ2) is 7.36. The monoisotopic (exact) mass is 300 g/mol. The van der Waals surface area contributed by atoms with Crippen molar-refractivity contribution in [3.8, 4) is 5.75 Å². The highest BCUT2D eigenvalue weighted by Gasteiger charge is 2.22. The normalized spacial score (nSPS) is 13.1. The van der Waals surface area contributed by atoms with Gasteiger partial charge >= 0.3 is 6.61 Å². The van der Waals surface area contributed by atoms with E-state index in [4.69, 9.17) is 5.73 Å². The minimum Gasteiger partial charge on any atom is -0.435 e. The molecular formula is C15H22F2N2O2. The molecule has 0 aliphatic rings. The lowest BCUT2D eigenvalue weighted by atomic mass is 9.97. The molecule has 1 aromatic carbocycles. The molecule has 118 valence electrons. The van der Waals surface area contributed by atoms with Gasteiger partial charge in [0, 0.05) is 12.1 Å². The molecule has 1 amide bonds. The molecule has 0 saturated carbocycles. The van der Waals surface area contributed by atoms with Gasteiger partial charge in [0.25, 0.3) is 0 Å². The van der Waals surface area contributed by atoms with Gasteiger partial charge in [-0.1, -0.05) is 12.1 Å². The van der Waals surface area contributed by atoms with Crippen molar-refractivity contribution in [3.63, 3.8) is 0 Å². The quantitative estimate of drug-likeness (QED) is 0.847. The van der Waals surface area contributed by atoms with Crippen molar-refractivity contribution in [2.75, 3.05) is 6.54 Å². The molecule has 0 bridgehead atoms. The first-order valence-electron chi connectivity index (χ1n) is 6.77. The average Bonchev–Trinajstić information content (AvgIpc) is 2.35. The van der Waals surface area contributed by atoms with E-state index in [1.807, 2.05) is 20.8 Å². The Balaban J connectivity index is 2.67. The number of nitrogens with one attached hydrogen (secondary N) is 1. The van der Waals surface area contributed by atoms with Gasteiger partial charge in [-0.25, -0.2) is 0 Å². The second-order valence-corrected chi connectivity index (χ2v) is 5.90. The highest BCUT2D eigenvalue weighted by molar-refractivity contribution is 5.79. The molecule has 0 aliphatic carbocycles. The first kappa shape index (κ1) is 17.4. The van der Waals surface area contributed by atoms with Crippen LogP contribution in [0, 0.1) is 5.92 Å². The van der Waals surface area contributed by atoms with Crippen LogP contribution in [0.3, 0.4) is 0 Å². The number of nitrogens with two attached hydrogens (primary N) is 1. The summed E-state index contributed by atoms with van der Waals surface area (Å²) in [6.45, 7) is 3.07. The largest absolute Gasteiger partial charge is 0.435 e. The molecule has 6 heteroatoms.